The lowest BCUT2D eigenvalue weighted by molar-refractivity contribution is -0.887. The Morgan fingerprint density at radius 1 is 0.966 bits per heavy atom. The van der Waals surface area contributed by atoms with E-state index in [0.717, 1.165) is 4.90 Å². The molecule has 2 amide bonds. The third kappa shape index (κ3) is 8.32. The molecule has 0 bridgehead atoms. The van der Waals surface area contributed by atoms with Gasteiger partial charge in [0.25, 0.3) is 5.91 Å². The molecule has 3 N–H and O–H groups in total. The van der Waals surface area contributed by atoms with Crippen molar-refractivity contribution in [2.75, 3.05) is 36.0 Å². The van der Waals surface area contributed by atoms with Gasteiger partial charge < -0.3 is 19.7 Å². The standard InChI is InChI=1S/C20H25N3O5S/c1-3-23(13-14-29(26,27)28-19-7-5-4-6-8-19)15-20(25)22-18-11-9-17(10-12-18)21-16(2)24/h4-12H,3,13-15H2,1-2H3,(H,21,24)(H,22,25)/p+1. The molecule has 0 heterocycles. The Labute approximate surface area is 171 Å². The summed E-state index contributed by atoms with van der Waals surface area (Å²) < 4.78 is 29.3. The Kier molecular flexibility index (Phi) is 8.17. The average molecular weight is 421 g/mol. The number of benzene rings is 2. The fourth-order valence-electron chi connectivity index (χ4n) is 2.60. The highest BCUT2D eigenvalue weighted by atomic mass is 32.2. The highest BCUT2D eigenvalue weighted by Crippen LogP contribution is 2.13. The van der Waals surface area contributed by atoms with E-state index in [1.807, 2.05) is 6.92 Å². The van der Waals surface area contributed by atoms with Crippen LogP contribution >= 0.6 is 0 Å². The molecular weight excluding hydrogens is 394 g/mol. The molecule has 0 radical (unpaired) electrons. The summed E-state index contributed by atoms with van der Waals surface area (Å²) in [4.78, 5) is 24.1. The van der Waals surface area contributed by atoms with E-state index < -0.39 is 10.1 Å². The largest absolute Gasteiger partial charge is 0.382 e. The average Bonchev–Trinajstić information content (AvgIpc) is 2.66. The Hall–Kier alpha value is -2.91. The van der Waals surface area contributed by atoms with Gasteiger partial charge >= 0.3 is 10.1 Å². The van der Waals surface area contributed by atoms with Crippen LogP contribution in [-0.4, -0.2) is 45.6 Å². The van der Waals surface area contributed by atoms with Gasteiger partial charge in [0.05, 0.1) is 13.1 Å². The molecule has 2 aromatic rings. The van der Waals surface area contributed by atoms with Gasteiger partial charge in [-0.15, -0.1) is 0 Å². The molecule has 0 saturated carbocycles. The molecule has 2 aromatic carbocycles. The van der Waals surface area contributed by atoms with Gasteiger partial charge in [-0.05, 0) is 43.3 Å². The Morgan fingerprint density at radius 3 is 2.10 bits per heavy atom. The maximum absolute atomic E-state index is 12.3. The molecule has 0 aliphatic carbocycles. The van der Waals surface area contributed by atoms with E-state index in [-0.39, 0.29) is 36.4 Å². The van der Waals surface area contributed by atoms with Gasteiger partial charge in [0.2, 0.25) is 5.91 Å². The molecule has 0 aliphatic rings. The van der Waals surface area contributed by atoms with Crippen molar-refractivity contribution in [3.63, 3.8) is 0 Å². The second-order valence-corrected chi connectivity index (χ2v) is 8.19. The molecule has 1 atom stereocenters. The first-order chi connectivity index (χ1) is 13.8. The van der Waals surface area contributed by atoms with Crippen molar-refractivity contribution >= 4 is 33.3 Å². The molecule has 0 aliphatic heterocycles. The molecule has 1 unspecified atom stereocenters. The summed E-state index contributed by atoms with van der Waals surface area (Å²) in [5, 5.41) is 5.42. The zero-order valence-corrected chi connectivity index (χ0v) is 17.3. The molecule has 9 heteroatoms. The van der Waals surface area contributed by atoms with Crippen molar-refractivity contribution < 1.29 is 27.1 Å². The predicted molar refractivity (Wildman–Crippen MR) is 111 cm³/mol. The highest BCUT2D eigenvalue weighted by Gasteiger charge is 2.19. The summed E-state index contributed by atoms with van der Waals surface area (Å²) in [5.41, 5.74) is 1.24. The fraction of sp³-hybridized carbons (Fsp3) is 0.300. The normalized spacial score (nSPS) is 12.1. The monoisotopic (exact) mass is 420 g/mol. The van der Waals surface area contributed by atoms with E-state index in [1.165, 1.54) is 6.92 Å². The quantitative estimate of drug-likeness (QED) is 0.495. The zero-order chi connectivity index (χ0) is 21.3. The first-order valence-corrected chi connectivity index (χ1v) is 10.8. The minimum absolute atomic E-state index is 0.130. The molecule has 29 heavy (non-hydrogen) atoms. The van der Waals surface area contributed by atoms with E-state index in [2.05, 4.69) is 10.6 Å². The van der Waals surface area contributed by atoms with Gasteiger partial charge in [-0.3, -0.25) is 9.59 Å². The van der Waals surface area contributed by atoms with E-state index in [9.17, 15) is 18.0 Å². The number of anilines is 2. The number of carbonyl (C=O) groups excluding carboxylic acids is 2. The van der Waals surface area contributed by atoms with E-state index in [1.54, 1.807) is 54.6 Å². The number of quaternary nitrogens is 1. The summed E-state index contributed by atoms with van der Waals surface area (Å²) in [6.45, 7) is 4.28. The number of hydrogen-bond donors (Lipinski definition) is 3. The molecule has 0 saturated heterocycles. The number of para-hydroxylation sites is 1. The Morgan fingerprint density at radius 2 is 1.55 bits per heavy atom. The molecule has 0 fully saturated rings. The van der Waals surface area contributed by atoms with Gasteiger partial charge in [0.1, 0.15) is 11.5 Å². The number of nitrogens with one attached hydrogen (secondary N) is 3. The molecule has 8 nitrogen and oxygen atoms in total. The van der Waals surface area contributed by atoms with Gasteiger partial charge in [0, 0.05) is 18.3 Å². The van der Waals surface area contributed by atoms with E-state index in [4.69, 9.17) is 4.18 Å². The fourth-order valence-corrected chi connectivity index (χ4v) is 3.62. The first-order valence-electron chi connectivity index (χ1n) is 9.25. The van der Waals surface area contributed by atoms with Crippen LogP contribution in [0.25, 0.3) is 0 Å². The SMILES string of the molecule is CC[NH+](CCS(=O)(=O)Oc1ccccc1)CC(=O)Nc1ccc(NC(C)=O)cc1. The number of rotatable bonds is 10. The van der Waals surface area contributed by atoms with Crippen molar-refractivity contribution in [1.29, 1.82) is 0 Å². The van der Waals surface area contributed by atoms with Crippen molar-refractivity contribution in [3.05, 3.63) is 54.6 Å². The summed E-state index contributed by atoms with van der Waals surface area (Å²) in [6, 6.07) is 15.1. The van der Waals surface area contributed by atoms with Crippen LogP contribution in [0.1, 0.15) is 13.8 Å². The number of likely N-dealkylation sites (N-methyl/N-ethyl adjacent to an activating group) is 1. The van der Waals surface area contributed by atoms with Crippen LogP contribution < -0.4 is 19.7 Å². The zero-order valence-electron chi connectivity index (χ0n) is 16.5. The lowest BCUT2D eigenvalue weighted by atomic mass is 10.2. The van der Waals surface area contributed by atoms with Crippen LogP contribution in [0.5, 0.6) is 5.75 Å². The molecular formula is C20H26N3O5S+. The van der Waals surface area contributed by atoms with Crippen LogP contribution in [0.3, 0.4) is 0 Å². The lowest BCUT2D eigenvalue weighted by Crippen LogP contribution is -3.13. The second-order valence-electron chi connectivity index (χ2n) is 6.50. The minimum Gasteiger partial charge on any atom is -0.382 e. The Balaban J connectivity index is 1.83. The van der Waals surface area contributed by atoms with Crippen LogP contribution in [0.2, 0.25) is 0 Å². The van der Waals surface area contributed by atoms with Crippen molar-refractivity contribution in [2.24, 2.45) is 0 Å². The maximum atomic E-state index is 12.3. The van der Waals surface area contributed by atoms with Gasteiger partial charge in [0.15, 0.2) is 6.54 Å². The predicted octanol–water partition coefficient (Wildman–Crippen LogP) is 0.897. The summed E-state index contributed by atoms with van der Waals surface area (Å²) in [5.74, 6) is -0.319. The Bertz CT molecular complexity index is 915. The van der Waals surface area contributed by atoms with Gasteiger partial charge in [-0.1, -0.05) is 18.2 Å². The molecule has 156 valence electrons. The van der Waals surface area contributed by atoms with Crippen molar-refractivity contribution in [1.82, 2.24) is 0 Å². The third-order valence-electron chi connectivity index (χ3n) is 4.07. The smallest absolute Gasteiger partial charge is 0.314 e. The number of amides is 2. The third-order valence-corrected chi connectivity index (χ3v) is 5.22. The van der Waals surface area contributed by atoms with E-state index in [0.29, 0.717) is 17.9 Å². The van der Waals surface area contributed by atoms with Crippen molar-refractivity contribution in [3.8, 4) is 5.75 Å². The van der Waals surface area contributed by atoms with Crippen LogP contribution in [0.15, 0.2) is 54.6 Å². The second kappa shape index (κ2) is 10.6. The summed E-state index contributed by atoms with van der Waals surface area (Å²) in [6.07, 6.45) is 0. The minimum atomic E-state index is -3.74. The summed E-state index contributed by atoms with van der Waals surface area (Å²) in [7, 11) is -3.74. The first kappa shape index (κ1) is 22.4. The number of hydrogen-bond acceptors (Lipinski definition) is 5. The highest BCUT2D eigenvalue weighted by molar-refractivity contribution is 7.87. The molecule has 0 aromatic heterocycles. The van der Waals surface area contributed by atoms with Crippen molar-refractivity contribution in [2.45, 2.75) is 13.8 Å². The van der Waals surface area contributed by atoms with Crippen LogP contribution in [0.4, 0.5) is 11.4 Å². The molecule has 0 spiro atoms. The molecule has 2 rings (SSSR count). The van der Waals surface area contributed by atoms with Crippen LogP contribution in [-0.2, 0) is 19.7 Å². The topological polar surface area (TPSA) is 106 Å². The maximum Gasteiger partial charge on any atom is 0.314 e. The number of carbonyl (C=O) groups is 2. The lowest BCUT2D eigenvalue weighted by Gasteiger charge is -2.17. The van der Waals surface area contributed by atoms with Gasteiger partial charge in [-0.2, -0.15) is 8.42 Å². The van der Waals surface area contributed by atoms with Gasteiger partial charge in [-0.25, -0.2) is 0 Å². The van der Waals surface area contributed by atoms with Crippen LogP contribution in [0, 0.1) is 0 Å². The summed E-state index contributed by atoms with van der Waals surface area (Å²) >= 11 is 0. The van der Waals surface area contributed by atoms with E-state index >= 15 is 0 Å².